The molecule has 0 aliphatic heterocycles. The summed E-state index contributed by atoms with van der Waals surface area (Å²) in [4.78, 5) is 12.1. The molecule has 1 aromatic heterocycles. The lowest BCUT2D eigenvalue weighted by atomic mass is 9.89. The Hall–Kier alpha value is -1.09. The van der Waals surface area contributed by atoms with Gasteiger partial charge < -0.3 is 4.42 Å². The topological polar surface area (TPSA) is 30.2 Å². The van der Waals surface area contributed by atoms with Gasteiger partial charge in [-0.2, -0.15) is 0 Å². The van der Waals surface area contributed by atoms with Gasteiger partial charge >= 0.3 is 0 Å². The van der Waals surface area contributed by atoms with Crippen LogP contribution in [0.2, 0.25) is 0 Å². The maximum Gasteiger partial charge on any atom is 0.203 e. The number of carbonyl (C=O) groups is 1. The Bertz CT molecular complexity index is 588. The molecule has 0 aliphatic carbocycles. The molecule has 3 heteroatoms. The first-order valence-corrected chi connectivity index (χ1v) is 6.33. The lowest BCUT2D eigenvalue weighted by Crippen LogP contribution is -2.19. The first kappa shape index (κ1) is 12.4. The van der Waals surface area contributed by atoms with E-state index in [1.54, 1.807) is 0 Å². The van der Waals surface area contributed by atoms with Gasteiger partial charge in [-0.3, -0.25) is 4.79 Å². The number of ketones is 1. The number of furan rings is 1. The lowest BCUT2D eigenvalue weighted by molar-refractivity contribution is 0.0831. The van der Waals surface area contributed by atoms with Crippen LogP contribution in [0.3, 0.4) is 0 Å². The van der Waals surface area contributed by atoms with Gasteiger partial charge in [0.05, 0.1) is 4.47 Å². The highest BCUT2D eigenvalue weighted by Gasteiger charge is 2.26. The zero-order valence-corrected chi connectivity index (χ0v) is 12.0. The normalized spacial score (nSPS) is 12.1. The van der Waals surface area contributed by atoms with E-state index in [1.165, 1.54) is 0 Å². The zero-order valence-electron chi connectivity index (χ0n) is 10.4. The van der Waals surface area contributed by atoms with E-state index >= 15 is 0 Å². The summed E-state index contributed by atoms with van der Waals surface area (Å²) in [6.07, 6.45) is 0. The first-order valence-electron chi connectivity index (χ1n) is 5.53. The predicted molar refractivity (Wildman–Crippen MR) is 72.4 cm³/mol. The summed E-state index contributed by atoms with van der Waals surface area (Å²) in [5.74, 6) is 0.456. The molecule has 2 nitrogen and oxygen atoms in total. The van der Waals surface area contributed by atoms with E-state index < -0.39 is 5.41 Å². The average Bonchev–Trinajstić information content (AvgIpc) is 2.58. The maximum atomic E-state index is 12.1. The molecule has 90 valence electrons. The van der Waals surface area contributed by atoms with Crippen molar-refractivity contribution in [1.82, 2.24) is 0 Å². The smallest absolute Gasteiger partial charge is 0.203 e. The Balaban J connectivity index is 2.60. The minimum absolute atomic E-state index is 0.0262. The van der Waals surface area contributed by atoms with Gasteiger partial charge in [-0.25, -0.2) is 0 Å². The number of aryl methyl sites for hydroxylation is 1. The number of rotatable bonds is 1. The van der Waals surface area contributed by atoms with Crippen LogP contribution in [0.15, 0.2) is 27.1 Å². The number of hydrogen-bond donors (Lipinski definition) is 0. The van der Waals surface area contributed by atoms with Crippen molar-refractivity contribution in [2.75, 3.05) is 0 Å². The molecule has 17 heavy (non-hydrogen) atoms. The molecule has 0 saturated heterocycles. The highest BCUT2D eigenvalue weighted by Crippen LogP contribution is 2.31. The quantitative estimate of drug-likeness (QED) is 0.712. The molecule has 2 rings (SSSR count). The first-order chi connectivity index (χ1) is 7.79. The Kier molecular flexibility index (Phi) is 2.90. The van der Waals surface area contributed by atoms with Crippen LogP contribution in [0.25, 0.3) is 11.0 Å². The molecule has 2 aromatic rings. The highest BCUT2D eigenvalue weighted by molar-refractivity contribution is 9.10. The van der Waals surface area contributed by atoms with Gasteiger partial charge in [-0.05, 0) is 46.6 Å². The van der Waals surface area contributed by atoms with E-state index in [0.29, 0.717) is 5.76 Å². The molecule has 0 radical (unpaired) electrons. The second-order valence-electron chi connectivity index (χ2n) is 5.35. The zero-order chi connectivity index (χ0) is 12.8. The summed E-state index contributed by atoms with van der Waals surface area (Å²) in [6, 6.07) is 5.82. The number of halogens is 1. The molecule has 0 bridgehead atoms. The third-order valence-corrected chi connectivity index (χ3v) is 3.21. The molecule has 0 fully saturated rings. The van der Waals surface area contributed by atoms with Crippen molar-refractivity contribution in [2.45, 2.75) is 27.7 Å². The van der Waals surface area contributed by atoms with Gasteiger partial charge in [0, 0.05) is 10.8 Å². The summed E-state index contributed by atoms with van der Waals surface area (Å²) in [5.41, 5.74) is 1.46. The van der Waals surface area contributed by atoms with Gasteiger partial charge in [0.2, 0.25) is 5.78 Å². The number of hydrogen-bond acceptors (Lipinski definition) is 2. The summed E-state index contributed by atoms with van der Waals surface area (Å²) >= 11 is 3.46. The molecule has 1 heterocycles. The van der Waals surface area contributed by atoms with Crippen molar-refractivity contribution in [1.29, 1.82) is 0 Å². The van der Waals surface area contributed by atoms with Crippen LogP contribution in [0.5, 0.6) is 0 Å². The molecular formula is C14H15BrO2. The molecular weight excluding hydrogens is 280 g/mol. The molecule has 1 aromatic carbocycles. The molecule has 0 saturated carbocycles. The van der Waals surface area contributed by atoms with Crippen molar-refractivity contribution in [3.8, 4) is 0 Å². The molecule has 0 spiro atoms. The Morgan fingerprint density at radius 3 is 2.47 bits per heavy atom. The van der Waals surface area contributed by atoms with Gasteiger partial charge in [0.25, 0.3) is 0 Å². The van der Waals surface area contributed by atoms with Crippen LogP contribution in [0.4, 0.5) is 0 Å². The minimum Gasteiger partial charge on any atom is -0.452 e. The third-order valence-electron chi connectivity index (χ3n) is 2.62. The van der Waals surface area contributed by atoms with Crippen LogP contribution in [-0.4, -0.2) is 5.78 Å². The van der Waals surface area contributed by atoms with E-state index in [-0.39, 0.29) is 5.78 Å². The second kappa shape index (κ2) is 3.98. The van der Waals surface area contributed by atoms with Crippen LogP contribution in [0.1, 0.15) is 36.9 Å². The van der Waals surface area contributed by atoms with Gasteiger partial charge in [-0.15, -0.1) is 0 Å². The number of fused-ring (bicyclic) bond motifs is 1. The lowest BCUT2D eigenvalue weighted by Gasteiger charge is -2.13. The van der Waals surface area contributed by atoms with Crippen LogP contribution < -0.4 is 0 Å². The summed E-state index contributed by atoms with van der Waals surface area (Å²) in [5, 5.41) is 0.962. The largest absolute Gasteiger partial charge is 0.452 e. The van der Waals surface area contributed by atoms with Crippen LogP contribution >= 0.6 is 15.9 Å². The van der Waals surface area contributed by atoms with Gasteiger partial charge in [-0.1, -0.05) is 20.8 Å². The molecule has 0 atom stereocenters. The summed E-state index contributed by atoms with van der Waals surface area (Å²) in [6.45, 7) is 7.69. The monoisotopic (exact) mass is 294 g/mol. The SMILES string of the molecule is Cc1cc(Br)c2oc(C(=O)C(C)(C)C)cc2c1. The average molecular weight is 295 g/mol. The maximum absolute atomic E-state index is 12.1. The van der Waals surface area contributed by atoms with Crippen molar-refractivity contribution >= 4 is 32.7 Å². The molecule has 0 aliphatic rings. The van der Waals surface area contributed by atoms with Crippen LogP contribution in [-0.2, 0) is 0 Å². The minimum atomic E-state index is -0.421. The highest BCUT2D eigenvalue weighted by atomic mass is 79.9. The molecule has 0 N–H and O–H groups in total. The fraction of sp³-hybridized carbons (Fsp3) is 0.357. The summed E-state index contributed by atoms with van der Waals surface area (Å²) in [7, 11) is 0. The van der Waals surface area contributed by atoms with Gasteiger partial charge in [0.15, 0.2) is 5.76 Å². The van der Waals surface area contributed by atoms with Crippen molar-refractivity contribution in [3.05, 3.63) is 34.0 Å². The molecule has 0 amide bonds. The van der Waals surface area contributed by atoms with Crippen molar-refractivity contribution in [2.24, 2.45) is 5.41 Å². The fourth-order valence-electron chi connectivity index (χ4n) is 1.73. The Morgan fingerprint density at radius 1 is 1.24 bits per heavy atom. The third kappa shape index (κ3) is 2.29. The molecule has 0 unspecified atom stereocenters. The fourth-order valence-corrected chi connectivity index (χ4v) is 2.40. The summed E-state index contributed by atoms with van der Waals surface area (Å²) < 4.78 is 6.54. The van der Waals surface area contributed by atoms with Crippen molar-refractivity contribution < 1.29 is 9.21 Å². The van der Waals surface area contributed by atoms with Crippen molar-refractivity contribution in [3.63, 3.8) is 0 Å². The van der Waals surface area contributed by atoms with E-state index in [4.69, 9.17) is 4.42 Å². The Morgan fingerprint density at radius 2 is 1.88 bits per heavy atom. The predicted octanol–water partition coefficient (Wildman–Crippen LogP) is 4.73. The van der Waals surface area contributed by atoms with Gasteiger partial charge in [0.1, 0.15) is 5.58 Å². The van der Waals surface area contributed by atoms with E-state index in [0.717, 1.165) is 21.0 Å². The standard InChI is InChI=1S/C14H15BrO2/c1-8-5-9-7-11(13(16)14(2,3)4)17-12(9)10(15)6-8/h5-7H,1-4H3. The second-order valence-corrected chi connectivity index (χ2v) is 6.21. The number of benzene rings is 1. The van der Waals surface area contributed by atoms with E-state index in [2.05, 4.69) is 15.9 Å². The number of Topliss-reactive ketones (excluding diaryl/α,β-unsaturated/α-hetero) is 1. The number of carbonyl (C=O) groups excluding carboxylic acids is 1. The van der Waals surface area contributed by atoms with E-state index in [9.17, 15) is 4.79 Å². The van der Waals surface area contributed by atoms with Crippen LogP contribution in [0, 0.1) is 12.3 Å². The Labute approximate surface area is 109 Å². The van der Waals surface area contributed by atoms with E-state index in [1.807, 2.05) is 45.9 Å².